The Kier molecular flexibility index (Phi) is 6.23. The summed E-state index contributed by atoms with van der Waals surface area (Å²) in [7, 11) is 0. The Hall–Kier alpha value is -1.80. The molecule has 0 bridgehead atoms. The van der Waals surface area contributed by atoms with Gasteiger partial charge in [0.15, 0.2) is 0 Å². The molecule has 1 N–H and O–H groups in total. The fraction of sp³-hybridized carbons (Fsp3) is 0.571. The largest absolute Gasteiger partial charge is 0.460 e. The Morgan fingerprint density at radius 3 is 1.14 bits per heavy atom. The molecule has 0 aromatic heterocycles. The summed E-state index contributed by atoms with van der Waals surface area (Å²) >= 11 is 0. The number of halogens is 14. The van der Waals surface area contributed by atoms with Crippen molar-refractivity contribution in [1.82, 2.24) is 0 Å². The van der Waals surface area contributed by atoms with Crippen LogP contribution in [0.4, 0.5) is 61.5 Å². The standard InChI is InChI=1S/C14H8F14O/c15-9(16,11(19,20)13(23,24)25)7-2-1-3-8(6(7)4-5-29)10(17,18)12(21,22)14(26,27)28/h1-3,29H,4-5H2. The molecule has 0 aliphatic rings. The van der Waals surface area contributed by atoms with Crippen LogP contribution in [0.3, 0.4) is 0 Å². The van der Waals surface area contributed by atoms with Gasteiger partial charge < -0.3 is 5.11 Å². The molecule has 15 heteroatoms. The van der Waals surface area contributed by atoms with E-state index in [0.717, 1.165) is 0 Å². The summed E-state index contributed by atoms with van der Waals surface area (Å²) in [5, 5.41) is 8.72. The highest BCUT2D eigenvalue weighted by atomic mass is 19.4. The quantitative estimate of drug-likeness (QED) is 0.535. The van der Waals surface area contributed by atoms with E-state index in [0.29, 0.717) is 0 Å². The molecule has 0 atom stereocenters. The zero-order chi connectivity index (χ0) is 23.3. The number of benzene rings is 1. The molecule has 0 saturated heterocycles. The molecule has 0 radical (unpaired) electrons. The second-order valence-electron chi connectivity index (χ2n) is 5.60. The van der Waals surface area contributed by atoms with Crippen molar-refractivity contribution in [3.8, 4) is 0 Å². The minimum Gasteiger partial charge on any atom is -0.396 e. The van der Waals surface area contributed by atoms with Crippen molar-refractivity contribution in [3.05, 3.63) is 34.9 Å². The van der Waals surface area contributed by atoms with Crippen molar-refractivity contribution >= 4 is 0 Å². The van der Waals surface area contributed by atoms with Crippen LogP contribution in [0.25, 0.3) is 0 Å². The second kappa shape index (κ2) is 7.16. The lowest BCUT2D eigenvalue weighted by Gasteiger charge is -2.33. The van der Waals surface area contributed by atoms with Crippen molar-refractivity contribution in [2.75, 3.05) is 6.61 Å². The lowest BCUT2D eigenvalue weighted by atomic mass is 9.87. The number of aliphatic hydroxyl groups is 1. The SMILES string of the molecule is OCCc1c(C(F)(F)C(F)(F)C(F)(F)F)cccc1C(F)(F)C(F)(F)C(F)(F)F. The van der Waals surface area contributed by atoms with Crippen molar-refractivity contribution in [2.24, 2.45) is 0 Å². The number of hydrogen-bond acceptors (Lipinski definition) is 1. The van der Waals surface area contributed by atoms with Crippen LogP contribution >= 0.6 is 0 Å². The molecule has 0 heterocycles. The van der Waals surface area contributed by atoms with Crippen molar-refractivity contribution in [1.29, 1.82) is 0 Å². The number of aliphatic hydroxyl groups excluding tert-OH is 1. The third kappa shape index (κ3) is 3.84. The van der Waals surface area contributed by atoms with Crippen molar-refractivity contribution in [3.63, 3.8) is 0 Å². The maximum absolute atomic E-state index is 13.9. The van der Waals surface area contributed by atoms with E-state index in [2.05, 4.69) is 0 Å². The van der Waals surface area contributed by atoms with E-state index in [-0.39, 0.29) is 18.2 Å². The highest BCUT2D eigenvalue weighted by molar-refractivity contribution is 5.43. The number of hydrogen-bond donors (Lipinski definition) is 1. The van der Waals surface area contributed by atoms with Gasteiger partial charge in [-0.15, -0.1) is 0 Å². The molecule has 0 unspecified atom stereocenters. The Labute approximate surface area is 151 Å². The van der Waals surface area contributed by atoms with Crippen LogP contribution < -0.4 is 0 Å². The Balaban J connectivity index is 3.87. The first-order valence-corrected chi connectivity index (χ1v) is 7.06. The minimum atomic E-state index is -6.94. The highest BCUT2D eigenvalue weighted by Crippen LogP contribution is 2.56. The summed E-state index contributed by atoms with van der Waals surface area (Å²) in [5.41, 5.74) is -7.30. The van der Waals surface area contributed by atoms with Crippen LogP contribution in [-0.4, -0.2) is 35.9 Å². The van der Waals surface area contributed by atoms with Crippen LogP contribution in [0.5, 0.6) is 0 Å². The van der Waals surface area contributed by atoms with Crippen molar-refractivity contribution in [2.45, 2.75) is 42.5 Å². The first kappa shape index (κ1) is 25.2. The predicted molar refractivity (Wildman–Crippen MR) is 67.0 cm³/mol. The van der Waals surface area contributed by atoms with E-state index in [9.17, 15) is 61.5 Å². The van der Waals surface area contributed by atoms with E-state index in [1.54, 1.807) is 0 Å². The predicted octanol–water partition coefficient (Wildman–Crippen LogP) is 5.80. The summed E-state index contributed by atoms with van der Waals surface area (Å²) in [6, 6.07) is -0.682. The number of alkyl halides is 14. The number of rotatable bonds is 6. The van der Waals surface area contributed by atoms with Crippen LogP contribution in [0.1, 0.15) is 16.7 Å². The molecular weight excluding hydrogens is 450 g/mol. The maximum Gasteiger partial charge on any atom is 0.460 e. The topological polar surface area (TPSA) is 20.2 Å². The monoisotopic (exact) mass is 458 g/mol. The first-order valence-electron chi connectivity index (χ1n) is 7.06. The third-order valence-electron chi connectivity index (χ3n) is 3.72. The van der Waals surface area contributed by atoms with Crippen LogP contribution in [0, 0.1) is 0 Å². The molecule has 1 rings (SSSR count). The second-order valence-corrected chi connectivity index (χ2v) is 5.60. The van der Waals surface area contributed by atoms with E-state index in [4.69, 9.17) is 5.11 Å². The highest BCUT2D eigenvalue weighted by Gasteiger charge is 2.76. The van der Waals surface area contributed by atoms with E-state index in [1.807, 2.05) is 0 Å². The van der Waals surface area contributed by atoms with Gasteiger partial charge in [0.25, 0.3) is 0 Å². The smallest absolute Gasteiger partial charge is 0.396 e. The summed E-state index contributed by atoms with van der Waals surface area (Å²) < 4.78 is 182. The average Bonchev–Trinajstić information content (AvgIpc) is 2.52. The first-order chi connectivity index (χ1) is 12.7. The maximum atomic E-state index is 13.9. The van der Waals surface area contributed by atoms with Gasteiger partial charge in [0.05, 0.1) is 0 Å². The van der Waals surface area contributed by atoms with Gasteiger partial charge >= 0.3 is 36.0 Å². The summed E-state index contributed by atoms with van der Waals surface area (Å²) in [6.07, 6.45) is -15.5. The summed E-state index contributed by atoms with van der Waals surface area (Å²) in [4.78, 5) is 0. The molecule has 0 aliphatic heterocycles. The fourth-order valence-corrected chi connectivity index (χ4v) is 2.25. The molecule has 1 aromatic rings. The molecule has 0 spiro atoms. The Morgan fingerprint density at radius 1 is 0.586 bits per heavy atom. The van der Waals surface area contributed by atoms with Gasteiger partial charge in [0, 0.05) is 17.7 Å². The molecule has 168 valence electrons. The average molecular weight is 458 g/mol. The summed E-state index contributed by atoms with van der Waals surface area (Å²) in [5.74, 6) is -26.5. The summed E-state index contributed by atoms with van der Waals surface area (Å²) in [6.45, 7) is -1.54. The lowest BCUT2D eigenvalue weighted by Crippen LogP contribution is -2.52. The molecule has 0 fully saturated rings. The normalized spacial score (nSPS) is 15.0. The van der Waals surface area contributed by atoms with Crippen LogP contribution in [0.2, 0.25) is 0 Å². The Bertz CT molecular complexity index is 675. The zero-order valence-corrected chi connectivity index (χ0v) is 13.4. The van der Waals surface area contributed by atoms with Gasteiger partial charge in [-0.2, -0.15) is 61.5 Å². The molecular formula is C14H8F14O. The van der Waals surface area contributed by atoms with Gasteiger partial charge in [-0.25, -0.2) is 0 Å². The van der Waals surface area contributed by atoms with Crippen molar-refractivity contribution < 1.29 is 66.6 Å². The molecule has 1 aromatic carbocycles. The van der Waals surface area contributed by atoms with E-state index < -0.39 is 65.8 Å². The minimum absolute atomic E-state index is 0.119. The molecule has 1 nitrogen and oxygen atoms in total. The van der Waals surface area contributed by atoms with Crippen LogP contribution in [0.15, 0.2) is 18.2 Å². The Morgan fingerprint density at radius 2 is 0.897 bits per heavy atom. The third-order valence-corrected chi connectivity index (χ3v) is 3.72. The van der Waals surface area contributed by atoms with Gasteiger partial charge in [0.2, 0.25) is 0 Å². The molecule has 0 saturated carbocycles. The van der Waals surface area contributed by atoms with Gasteiger partial charge in [-0.3, -0.25) is 0 Å². The van der Waals surface area contributed by atoms with E-state index >= 15 is 0 Å². The fourth-order valence-electron chi connectivity index (χ4n) is 2.25. The molecule has 0 amide bonds. The van der Waals surface area contributed by atoms with E-state index in [1.165, 1.54) is 0 Å². The molecule has 0 aliphatic carbocycles. The van der Waals surface area contributed by atoms with Gasteiger partial charge in [-0.1, -0.05) is 18.2 Å². The lowest BCUT2D eigenvalue weighted by molar-refractivity contribution is -0.361. The van der Waals surface area contributed by atoms with Gasteiger partial charge in [-0.05, 0) is 12.0 Å². The van der Waals surface area contributed by atoms with Gasteiger partial charge in [0.1, 0.15) is 0 Å². The zero-order valence-electron chi connectivity index (χ0n) is 13.4. The molecule has 29 heavy (non-hydrogen) atoms. The van der Waals surface area contributed by atoms with Crippen LogP contribution in [-0.2, 0) is 18.3 Å².